The average Bonchev–Trinajstić information content (AvgIpc) is 3.28. The van der Waals surface area contributed by atoms with E-state index in [1.54, 1.807) is 11.9 Å². The maximum Gasteiger partial charge on any atom is 0.254 e. The Morgan fingerprint density at radius 1 is 1.33 bits per heavy atom. The highest BCUT2D eigenvalue weighted by Crippen LogP contribution is 2.56. The number of nitrogens with zero attached hydrogens (tertiary/aromatic N) is 2. The number of rotatable bonds is 5. The van der Waals surface area contributed by atoms with Gasteiger partial charge in [-0.05, 0) is 69.8 Å². The zero-order valence-electron chi connectivity index (χ0n) is 16.1. The standard InChI is InChI=1S/C20H27ClFN3O2/c1-13(2)23-18(26)12-25-6-4-20(5-7-25)11-17(20)24(3)19(27)14-8-15(21)10-16(22)9-14/h8-10,13,17H,4-7,11-12H2,1-3H3,(H,23,26). The summed E-state index contributed by atoms with van der Waals surface area (Å²) < 4.78 is 13.5. The molecular weight excluding hydrogens is 369 g/mol. The van der Waals surface area contributed by atoms with Gasteiger partial charge >= 0.3 is 0 Å². The van der Waals surface area contributed by atoms with Crippen LogP contribution < -0.4 is 5.32 Å². The second-order valence-corrected chi connectivity index (χ2v) is 8.59. The van der Waals surface area contributed by atoms with Crippen molar-refractivity contribution in [2.75, 3.05) is 26.7 Å². The van der Waals surface area contributed by atoms with Gasteiger partial charge in [-0.2, -0.15) is 0 Å². The molecule has 0 aromatic heterocycles. The lowest BCUT2D eigenvalue weighted by Gasteiger charge is -2.33. The summed E-state index contributed by atoms with van der Waals surface area (Å²) in [4.78, 5) is 28.5. The first-order chi connectivity index (χ1) is 12.7. The molecule has 1 unspecified atom stereocenters. The molecule has 27 heavy (non-hydrogen) atoms. The summed E-state index contributed by atoms with van der Waals surface area (Å²) >= 11 is 5.88. The van der Waals surface area contributed by atoms with E-state index in [1.165, 1.54) is 18.2 Å². The number of carbonyl (C=O) groups is 2. The normalized spacial score (nSPS) is 21.3. The van der Waals surface area contributed by atoms with E-state index in [9.17, 15) is 14.0 Å². The summed E-state index contributed by atoms with van der Waals surface area (Å²) in [7, 11) is 1.78. The number of hydrogen-bond acceptors (Lipinski definition) is 3. The van der Waals surface area contributed by atoms with Crippen molar-refractivity contribution < 1.29 is 14.0 Å². The number of hydrogen-bond donors (Lipinski definition) is 1. The van der Waals surface area contributed by atoms with Crippen LogP contribution >= 0.6 is 11.6 Å². The summed E-state index contributed by atoms with van der Waals surface area (Å²) in [5.74, 6) is -0.640. The smallest absolute Gasteiger partial charge is 0.254 e. The lowest BCUT2D eigenvalue weighted by atomic mass is 9.92. The molecule has 1 aromatic carbocycles. The molecule has 0 radical (unpaired) electrons. The van der Waals surface area contributed by atoms with Crippen LogP contribution in [-0.4, -0.2) is 60.4 Å². The Hall–Kier alpha value is -1.66. The van der Waals surface area contributed by atoms with Crippen molar-refractivity contribution in [1.82, 2.24) is 15.1 Å². The van der Waals surface area contributed by atoms with Gasteiger partial charge in [0.15, 0.2) is 0 Å². The molecule has 2 aliphatic rings. The van der Waals surface area contributed by atoms with Crippen molar-refractivity contribution in [2.24, 2.45) is 5.41 Å². The van der Waals surface area contributed by atoms with Gasteiger partial charge < -0.3 is 10.2 Å². The van der Waals surface area contributed by atoms with Crippen LogP contribution in [0.25, 0.3) is 0 Å². The van der Waals surface area contributed by atoms with Crippen LogP contribution in [0.4, 0.5) is 4.39 Å². The Labute approximate surface area is 164 Å². The molecule has 0 bridgehead atoms. The molecule has 1 aromatic rings. The first-order valence-corrected chi connectivity index (χ1v) is 9.83. The van der Waals surface area contributed by atoms with Gasteiger partial charge in [0, 0.05) is 29.7 Å². The zero-order valence-corrected chi connectivity index (χ0v) is 16.9. The molecule has 148 valence electrons. The molecule has 1 N–H and O–H groups in total. The van der Waals surface area contributed by atoms with Crippen molar-refractivity contribution in [2.45, 2.75) is 45.2 Å². The Balaban J connectivity index is 1.54. The molecule has 7 heteroatoms. The second kappa shape index (κ2) is 7.76. The van der Waals surface area contributed by atoms with Gasteiger partial charge in [-0.25, -0.2) is 4.39 Å². The average molecular weight is 396 g/mol. The highest BCUT2D eigenvalue weighted by atomic mass is 35.5. The fourth-order valence-corrected chi connectivity index (χ4v) is 4.38. The van der Waals surface area contributed by atoms with Crippen LogP contribution in [0.1, 0.15) is 43.5 Å². The minimum atomic E-state index is -0.502. The first-order valence-electron chi connectivity index (χ1n) is 9.45. The first kappa shape index (κ1) is 20.1. The number of nitrogens with one attached hydrogen (secondary N) is 1. The molecule has 1 saturated heterocycles. The van der Waals surface area contributed by atoms with Crippen LogP contribution in [0.2, 0.25) is 5.02 Å². The van der Waals surface area contributed by atoms with Crippen molar-refractivity contribution in [3.05, 3.63) is 34.6 Å². The Morgan fingerprint density at radius 2 is 2.00 bits per heavy atom. The fourth-order valence-electron chi connectivity index (χ4n) is 4.16. The van der Waals surface area contributed by atoms with Crippen LogP contribution in [-0.2, 0) is 4.79 Å². The zero-order chi connectivity index (χ0) is 19.8. The maximum atomic E-state index is 13.5. The van der Waals surface area contributed by atoms with E-state index in [1.807, 2.05) is 13.8 Å². The van der Waals surface area contributed by atoms with Gasteiger partial charge in [0.05, 0.1) is 6.54 Å². The molecule has 1 atom stereocenters. The Kier molecular flexibility index (Phi) is 5.77. The molecule has 1 aliphatic heterocycles. The van der Waals surface area contributed by atoms with Gasteiger partial charge in [0.2, 0.25) is 5.91 Å². The van der Waals surface area contributed by atoms with Crippen LogP contribution in [0.5, 0.6) is 0 Å². The lowest BCUT2D eigenvalue weighted by Crippen LogP contribution is -2.45. The monoisotopic (exact) mass is 395 g/mol. The predicted octanol–water partition coefficient (Wildman–Crippen LogP) is 2.93. The van der Waals surface area contributed by atoms with Gasteiger partial charge in [-0.1, -0.05) is 11.6 Å². The summed E-state index contributed by atoms with van der Waals surface area (Å²) in [6, 6.07) is 4.25. The second-order valence-electron chi connectivity index (χ2n) is 8.15. The minimum absolute atomic E-state index is 0.0589. The number of piperidine rings is 1. The van der Waals surface area contributed by atoms with Crippen molar-refractivity contribution in [3.8, 4) is 0 Å². The largest absolute Gasteiger partial charge is 0.353 e. The molecule has 1 spiro atoms. The fraction of sp³-hybridized carbons (Fsp3) is 0.600. The Morgan fingerprint density at radius 3 is 2.59 bits per heavy atom. The van der Waals surface area contributed by atoms with E-state index in [0.29, 0.717) is 6.54 Å². The molecule has 5 nitrogen and oxygen atoms in total. The van der Waals surface area contributed by atoms with E-state index in [-0.39, 0.29) is 39.9 Å². The van der Waals surface area contributed by atoms with E-state index >= 15 is 0 Å². The van der Waals surface area contributed by atoms with Crippen LogP contribution in [0.3, 0.4) is 0 Å². The minimum Gasteiger partial charge on any atom is -0.353 e. The number of amides is 2. The highest BCUT2D eigenvalue weighted by molar-refractivity contribution is 6.31. The number of likely N-dealkylation sites (tertiary alicyclic amines) is 1. The molecular formula is C20H27ClFN3O2. The number of carbonyl (C=O) groups excluding carboxylic acids is 2. The summed E-state index contributed by atoms with van der Waals surface area (Å²) in [6.07, 6.45) is 2.90. The third-order valence-corrected chi connectivity index (χ3v) is 5.93. The molecule has 2 amide bonds. The number of halogens is 2. The van der Waals surface area contributed by atoms with E-state index < -0.39 is 5.82 Å². The summed E-state index contributed by atoms with van der Waals surface area (Å²) in [5.41, 5.74) is 0.416. The number of benzene rings is 1. The summed E-state index contributed by atoms with van der Waals surface area (Å²) in [5, 5.41) is 3.15. The van der Waals surface area contributed by atoms with E-state index in [4.69, 9.17) is 11.6 Å². The van der Waals surface area contributed by atoms with Crippen molar-refractivity contribution in [1.29, 1.82) is 0 Å². The molecule has 3 rings (SSSR count). The van der Waals surface area contributed by atoms with Gasteiger partial charge in [-0.15, -0.1) is 0 Å². The third kappa shape index (κ3) is 4.61. The Bertz CT molecular complexity index is 712. The quantitative estimate of drug-likeness (QED) is 0.834. The van der Waals surface area contributed by atoms with E-state index in [0.717, 1.165) is 32.4 Å². The maximum absolute atomic E-state index is 13.5. The highest BCUT2D eigenvalue weighted by Gasteiger charge is 2.57. The molecule has 1 aliphatic carbocycles. The SMILES string of the molecule is CC(C)NC(=O)CN1CCC2(CC1)CC2N(C)C(=O)c1cc(F)cc(Cl)c1. The predicted molar refractivity (Wildman–Crippen MR) is 103 cm³/mol. The van der Waals surface area contributed by atoms with Gasteiger partial charge in [0.25, 0.3) is 5.91 Å². The molecule has 1 heterocycles. The van der Waals surface area contributed by atoms with Gasteiger partial charge in [0.1, 0.15) is 5.82 Å². The topological polar surface area (TPSA) is 52.7 Å². The third-order valence-electron chi connectivity index (χ3n) is 5.71. The van der Waals surface area contributed by atoms with E-state index in [2.05, 4.69) is 10.2 Å². The van der Waals surface area contributed by atoms with Crippen LogP contribution in [0.15, 0.2) is 18.2 Å². The molecule has 2 fully saturated rings. The molecule has 1 saturated carbocycles. The van der Waals surface area contributed by atoms with Crippen LogP contribution in [0, 0.1) is 11.2 Å². The van der Waals surface area contributed by atoms with Crippen molar-refractivity contribution in [3.63, 3.8) is 0 Å². The van der Waals surface area contributed by atoms with Gasteiger partial charge in [-0.3, -0.25) is 14.5 Å². The summed E-state index contributed by atoms with van der Waals surface area (Å²) in [6.45, 7) is 6.05. The van der Waals surface area contributed by atoms with Crippen molar-refractivity contribution >= 4 is 23.4 Å². The lowest BCUT2D eigenvalue weighted by molar-refractivity contribution is -0.123.